The number of hydrogen-bond donors (Lipinski definition) is 2. The van der Waals surface area contributed by atoms with Crippen molar-refractivity contribution in [2.75, 3.05) is 26.4 Å². The summed E-state index contributed by atoms with van der Waals surface area (Å²) in [4.78, 5) is 0. The summed E-state index contributed by atoms with van der Waals surface area (Å²) in [5, 5.41) is 26.1. The smallest absolute Gasteiger partial charge is 0.127 e. The fourth-order valence-electron chi connectivity index (χ4n) is 9.97. The van der Waals surface area contributed by atoms with E-state index in [1.54, 1.807) is 0 Å². The Morgan fingerprint density at radius 2 is 0.883 bits per heavy atom. The third kappa shape index (κ3) is 5.40. The van der Waals surface area contributed by atoms with E-state index in [1.165, 1.54) is 44.1 Å². The van der Waals surface area contributed by atoms with Crippen molar-refractivity contribution >= 4 is 43.4 Å². The number of ether oxygens (including phenoxy) is 2. The third-order valence-electron chi connectivity index (χ3n) is 12.3. The molecule has 1 heterocycles. The molecule has 2 N–H and O–H groups in total. The molecule has 1 aromatic heterocycles. The first-order valence-corrected chi connectivity index (χ1v) is 20.6. The van der Waals surface area contributed by atoms with Gasteiger partial charge >= 0.3 is 0 Å². The predicted octanol–water partition coefficient (Wildman–Crippen LogP) is 11.9. The molecule has 0 unspecified atom stereocenters. The van der Waals surface area contributed by atoms with Crippen molar-refractivity contribution in [3.63, 3.8) is 0 Å². The summed E-state index contributed by atoms with van der Waals surface area (Å²) in [5.74, 6) is 1.47. The molecule has 5 heteroatoms. The molecule has 60 heavy (non-hydrogen) atoms. The monoisotopic (exact) mass is 779 g/mol. The minimum Gasteiger partial charge on any atom is -0.491 e. The van der Waals surface area contributed by atoms with Gasteiger partial charge in [-0.25, -0.2) is 0 Å². The number of aliphatic hydroxyl groups is 2. The lowest BCUT2D eigenvalue weighted by Gasteiger charge is -2.36. The number of fused-ring (bicyclic) bond motifs is 8. The maximum Gasteiger partial charge on any atom is 0.127 e. The van der Waals surface area contributed by atoms with Crippen LogP contribution >= 0.6 is 0 Å². The molecule has 5 nitrogen and oxygen atoms in total. The van der Waals surface area contributed by atoms with E-state index in [9.17, 15) is 10.2 Å². The van der Waals surface area contributed by atoms with Crippen molar-refractivity contribution in [2.45, 2.75) is 5.41 Å². The molecule has 0 fully saturated rings. The minimum atomic E-state index is -0.781. The molecule has 0 bridgehead atoms. The van der Waals surface area contributed by atoms with Gasteiger partial charge in [0.2, 0.25) is 0 Å². The first-order valence-electron chi connectivity index (χ1n) is 20.6. The zero-order valence-electron chi connectivity index (χ0n) is 32.9. The number of para-hydroxylation sites is 2. The molecule has 0 spiro atoms. The Bertz CT molecular complexity index is 3130. The number of benzene rings is 9. The van der Waals surface area contributed by atoms with Gasteiger partial charge < -0.3 is 24.3 Å². The van der Waals surface area contributed by atoms with Crippen LogP contribution in [0.5, 0.6) is 11.5 Å². The number of aliphatic hydroxyl groups excluding tert-OH is 2. The van der Waals surface area contributed by atoms with Crippen molar-refractivity contribution in [2.24, 2.45) is 0 Å². The molecule has 1 aliphatic rings. The Morgan fingerprint density at radius 1 is 0.383 bits per heavy atom. The summed E-state index contributed by atoms with van der Waals surface area (Å²) in [6, 6.07) is 67.5. The van der Waals surface area contributed by atoms with Gasteiger partial charge in [0, 0.05) is 27.2 Å². The van der Waals surface area contributed by atoms with Crippen molar-refractivity contribution in [1.29, 1.82) is 0 Å². The van der Waals surface area contributed by atoms with Crippen molar-refractivity contribution in [3.05, 3.63) is 210 Å². The SMILES string of the molecule is OCCOc1ccc(C2(c3ccc(OCCO)c4ccccc34)c3ccccc3-c3ccc(-c4cccc(-n5c6ccccc6c6ccccc65)c4)cc32)c2ccccc12. The van der Waals surface area contributed by atoms with Crippen LogP contribution in [-0.2, 0) is 5.41 Å². The minimum absolute atomic E-state index is 0.0712. The zero-order valence-corrected chi connectivity index (χ0v) is 32.9. The van der Waals surface area contributed by atoms with Crippen molar-refractivity contribution < 1.29 is 19.7 Å². The van der Waals surface area contributed by atoms with Crippen LogP contribution < -0.4 is 9.47 Å². The van der Waals surface area contributed by atoms with Gasteiger partial charge in [0.25, 0.3) is 0 Å². The molecule has 9 aromatic carbocycles. The van der Waals surface area contributed by atoms with Crippen LogP contribution in [0.3, 0.4) is 0 Å². The standard InChI is InChI=1S/C55H41NO4/c57-30-32-59-53-28-26-48(40-15-1-3-19-45(40)53)55(49-27-29-54(60-33-31-58)46-20-4-2-16-41(46)49)47-21-8-5-14-39(47)42-25-24-37(35-50(42)55)36-12-11-13-38(34-36)56-51-22-9-6-17-43(51)44-18-7-10-23-52(44)56/h1-29,34-35,57-58H,30-33H2. The predicted molar refractivity (Wildman–Crippen MR) is 244 cm³/mol. The van der Waals surface area contributed by atoms with Crippen LogP contribution in [-0.4, -0.2) is 41.2 Å². The average Bonchev–Trinajstić information content (AvgIpc) is 3.80. The highest BCUT2D eigenvalue weighted by molar-refractivity contribution is 6.09. The van der Waals surface area contributed by atoms with Gasteiger partial charge in [-0.1, -0.05) is 146 Å². The van der Waals surface area contributed by atoms with E-state index in [1.807, 2.05) is 12.1 Å². The second-order valence-electron chi connectivity index (χ2n) is 15.4. The van der Waals surface area contributed by atoms with Crippen LogP contribution in [0.2, 0.25) is 0 Å². The highest BCUT2D eigenvalue weighted by Crippen LogP contribution is 2.59. The molecule has 0 radical (unpaired) electrons. The molecule has 11 rings (SSSR count). The van der Waals surface area contributed by atoms with Crippen LogP contribution in [0.25, 0.3) is 71.3 Å². The first-order chi connectivity index (χ1) is 29.7. The molecule has 0 saturated carbocycles. The van der Waals surface area contributed by atoms with Gasteiger partial charge in [0.1, 0.15) is 24.7 Å². The maximum absolute atomic E-state index is 9.75. The Labute approximate surface area is 347 Å². The molecule has 1 aliphatic carbocycles. The van der Waals surface area contributed by atoms with E-state index >= 15 is 0 Å². The molecule has 10 aromatic rings. The summed E-state index contributed by atoms with van der Waals surface area (Å²) in [5.41, 5.74) is 11.9. The second kappa shape index (κ2) is 14.6. The lowest BCUT2D eigenvalue weighted by Crippen LogP contribution is -2.29. The Balaban J connectivity index is 1.21. The second-order valence-corrected chi connectivity index (χ2v) is 15.4. The van der Waals surface area contributed by atoms with Gasteiger partial charge in [-0.05, 0) is 97.7 Å². The zero-order chi connectivity index (χ0) is 40.2. The molecular formula is C55H41NO4. The summed E-state index contributed by atoms with van der Waals surface area (Å²) in [6.45, 7) is 0.269. The quantitative estimate of drug-likeness (QED) is 0.145. The fraction of sp³-hybridized carbons (Fsp3) is 0.0909. The van der Waals surface area contributed by atoms with Crippen LogP contribution in [0, 0.1) is 0 Å². The van der Waals surface area contributed by atoms with Gasteiger partial charge in [-0.3, -0.25) is 0 Å². The van der Waals surface area contributed by atoms with Gasteiger partial charge in [0.15, 0.2) is 0 Å². The topological polar surface area (TPSA) is 63.9 Å². The van der Waals surface area contributed by atoms with Crippen molar-refractivity contribution in [1.82, 2.24) is 4.57 Å². The van der Waals surface area contributed by atoms with E-state index in [0.29, 0.717) is 0 Å². The molecule has 0 aliphatic heterocycles. The van der Waals surface area contributed by atoms with E-state index in [-0.39, 0.29) is 26.4 Å². The lowest BCUT2D eigenvalue weighted by molar-refractivity contribution is 0.203. The Kier molecular flexibility index (Phi) is 8.73. The average molecular weight is 780 g/mol. The number of aromatic nitrogens is 1. The highest BCUT2D eigenvalue weighted by Gasteiger charge is 2.48. The molecular weight excluding hydrogens is 739 g/mol. The van der Waals surface area contributed by atoms with Crippen LogP contribution in [0.4, 0.5) is 0 Å². The number of hydrogen-bond acceptors (Lipinski definition) is 4. The maximum atomic E-state index is 9.75. The van der Waals surface area contributed by atoms with E-state index < -0.39 is 5.41 Å². The first kappa shape index (κ1) is 35.9. The van der Waals surface area contributed by atoms with Crippen LogP contribution in [0.15, 0.2) is 188 Å². The molecule has 0 amide bonds. The summed E-state index contributed by atoms with van der Waals surface area (Å²) < 4.78 is 14.7. The van der Waals surface area contributed by atoms with Crippen LogP contribution in [0.1, 0.15) is 22.3 Å². The van der Waals surface area contributed by atoms with Crippen molar-refractivity contribution in [3.8, 4) is 39.4 Å². The third-order valence-corrected chi connectivity index (χ3v) is 12.3. The highest BCUT2D eigenvalue weighted by atomic mass is 16.5. The molecule has 0 atom stereocenters. The normalized spacial score (nSPS) is 12.9. The lowest BCUT2D eigenvalue weighted by atomic mass is 9.65. The van der Waals surface area contributed by atoms with E-state index in [0.717, 1.165) is 61.0 Å². The van der Waals surface area contributed by atoms with E-state index in [4.69, 9.17) is 9.47 Å². The van der Waals surface area contributed by atoms with Gasteiger partial charge in [0.05, 0.1) is 29.7 Å². The summed E-state index contributed by atoms with van der Waals surface area (Å²) in [6.07, 6.45) is 0. The molecule has 0 saturated heterocycles. The Hall–Kier alpha value is -7.18. The Morgan fingerprint density at radius 3 is 1.48 bits per heavy atom. The number of rotatable bonds is 10. The molecule has 290 valence electrons. The van der Waals surface area contributed by atoms with E-state index in [2.05, 4.69) is 180 Å². The van der Waals surface area contributed by atoms with Gasteiger partial charge in [-0.15, -0.1) is 0 Å². The largest absolute Gasteiger partial charge is 0.491 e. The number of nitrogens with zero attached hydrogens (tertiary/aromatic N) is 1. The summed E-state index contributed by atoms with van der Waals surface area (Å²) >= 11 is 0. The van der Waals surface area contributed by atoms with Gasteiger partial charge in [-0.2, -0.15) is 0 Å². The fourth-order valence-corrected chi connectivity index (χ4v) is 9.97. The summed E-state index contributed by atoms with van der Waals surface area (Å²) in [7, 11) is 0.